The monoisotopic (exact) mass is 662 g/mol. The molecule has 0 aliphatic carbocycles. The van der Waals surface area contributed by atoms with Crippen LogP contribution in [0.2, 0.25) is 0 Å². The first-order valence-corrected chi connectivity index (χ1v) is 19.4. The van der Waals surface area contributed by atoms with Gasteiger partial charge in [0.25, 0.3) is 0 Å². The molecule has 2 atom stereocenters. The summed E-state index contributed by atoms with van der Waals surface area (Å²) in [5.74, 6) is -0.813. The van der Waals surface area contributed by atoms with Crippen molar-refractivity contribution in [3.05, 3.63) is 12.2 Å². The lowest BCUT2D eigenvalue weighted by atomic mass is 10.1. The van der Waals surface area contributed by atoms with Gasteiger partial charge in [-0.1, -0.05) is 109 Å². The van der Waals surface area contributed by atoms with Gasteiger partial charge in [-0.15, -0.1) is 0 Å². The number of likely N-dealkylation sites (N-methyl/N-ethyl adjacent to an activating group) is 1. The molecule has 1 N–H and O–H groups in total. The predicted octanol–water partition coefficient (Wildman–Crippen LogP) is 9.07. The number of rotatable bonds is 32. The van der Waals surface area contributed by atoms with Gasteiger partial charge in [0, 0.05) is 12.8 Å². The minimum Gasteiger partial charge on any atom is -0.462 e. The molecule has 0 aromatic carbocycles. The second kappa shape index (κ2) is 28.9. The van der Waals surface area contributed by atoms with E-state index in [1.807, 2.05) is 21.1 Å². The predicted molar refractivity (Wildman–Crippen MR) is 183 cm³/mol. The van der Waals surface area contributed by atoms with Crippen LogP contribution in [-0.2, 0) is 32.7 Å². The van der Waals surface area contributed by atoms with Gasteiger partial charge >= 0.3 is 19.8 Å². The zero-order chi connectivity index (χ0) is 33.7. The van der Waals surface area contributed by atoms with E-state index in [0.29, 0.717) is 17.4 Å². The molecular formula is C35H69NO8P+. The Balaban J connectivity index is 4.47. The molecule has 9 nitrogen and oxygen atoms in total. The van der Waals surface area contributed by atoms with E-state index in [9.17, 15) is 19.0 Å². The van der Waals surface area contributed by atoms with Crippen LogP contribution in [0.1, 0.15) is 149 Å². The average Bonchev–Trinajstić information content (AvgIpc) is 2.97. The molecular weight excluding hydrogens is 593 g/mol. The third-order valence-corrected chi connectivity index (χ3v) is 8.53. The van der Waals surface area contributed by atoms with Gasteiger partial charge in [-0.25, -0.2) is 4.57 Å². The Hall–Kier alpha value is -1.25. The van der Waals surface area contributed by atoms with Crippen LogP contribution < -0.4 is 0 Å². The lowest BCUT2D eigenvalue weighted by Gasteiger charge is -2.24. The van der Waals surface area contributed by atoms with Gasteiger partial charge in [0.1, 0.15) is 19.8 Å². The van der Waals surface area contributed by atoms with Crippen LogP contribution >= 0.6 is 7.82 Å². The highest BCUT2D eigenvalue weighted by Crippen LogP contribution is 2.43. The summed E-state index contributed by atoms with van der Waals surface area (Å²) in [4.78, 5) is 35.0. The van der Waals surface area contributed by atoms with Crippen molar-refractivity contribution in [2.75, 3.05) is 47.5 Å². The molecule has 2 unspecified atom stereocenters. The molecule has 0 aromatic rings. The van der Waals surface area contributed by atoms with E-state index in [2.05, 4.69) is 26.0 Å². The van der Waals surface area contributed by atoms with Crippen LogP contribution in [0.15, 0.2) is 12.2 Å². The Labute approximate surface area is 276 Å². The van der Waals surface area contributed by atoms with Crippen LogP contribution in [0.3, 0.4) is 0 Å². The van der Waals surface area contributed by atoms with Gasteiger partial charge in [-0.2, -0.15) is 0 Å². The maximum absolute atomic E-state index is 12.6. The second-order valence-corrected chi connectivity index (χ2v) is 14.7. The highest BCUT2D eigenvalue weighted by Gasteiger charge is 2.27. The lowest BCUT2D eigenvalue weighted by Crippen LogP contribution is -2.37. The zero-order valence-electron chi connectivity index (χ0n) is 29.6. The summed E-state index contributed by atoms with van der Waals surface area (Å²) in [6.45, 7) is 4.34. The van der Waals surface area contributed by atoms with E-state index in [-0.39, 0.29) is 32.0 Å². The quantitative estimate of drug-likeness (QED) is 0.0250. The van der Waals surface area contributed by atoms with Crippen LogP contribution in [0.4, 0.5) is 0 Å². The van der Waals surface area contributed by atoms with Gasteiger partial charge in [-0.3, -0.25) is 18.6 Å². The first-order valence-electron chi connectivity index (χ1n) is 17.9. The van der Waals surface area contributed by atoms with Crippen molar-refractivity contribution in [1.29, 1.82) is 0 Å². The summed E-state index contributed by atoms with van der Waals surface area (Å²) >= 11 is 0. The number of esters is 2. The van der Waals surface area contributed by atoms with Crippen LogP contribution in [0, 0.1) is 0 Å². The van der Waals surface area contributed by atoms with Crippen LogP contribution in [0.5, 0.6) is 0 Å². The molecule has 0 saturated carbocycles. The number of carbonyl (C=O) groups excluding carboxylic acids is 2. The molecule has 0 rings (SSSR count). The molecule has 0 heterocycles. The van der Waals surface area contributed by atoms with Crippen molar-refractivity contribution in [2.45, 2.75) is 155 Å². The number of phosphoric acid groups is 1. The van der Waals surface area contributed by atoms with E-state index >= 15 is 0 Å². The number of ether oxygens (including phenoxy) is 2. The Bertz CT molecular complexity index is 799. The highest BCUT2D eigenvalue weighted by molar-refractivity contribution is 7.47. The van der Waals surface area contributed by atoms with E-state index in [0.717, 1.165) is 51.4 Å². The van der Waals surface area contributed by atoms with Gasteiger partial charge in [0.15, 0.2) is 6.10 Å². The number of carbonyl (C=O) groups is 2. The fourth-order valence-electron chi connectivity index (χ4n) is 4.65. The van der Waals surface area contributed by atoms with E-state index in [1.54, 1.807) is 0 Å². The first-order chi connectivity index (χ1) is 21.5. The summed E-state index contributed by atoms with van der Waals surface area (Å²) in [5.41, 5.74) is 0. The summed E-state index contributed by atoms with van der Waals surface area (Å²) in [6.07, 6.45) is 25.5. The number of quaternary nitrogens is 1. The minimum absolute atomic E-state index is 0.0324. The Morgan fingerprint density at radius 2 is 1.13 bits per heavy atom. The number of allylic oxidation sites excluding steroid dienone is 2. The molecule has 0 fully saturated rings. The molecule has 0 amide bonds. The fourth-order valence-corrected chi connectivity index (χ4v) is 5.39. The molecule has 0 saturated heterocycles. The number of unbranched alkanes of at least 4 members (excludes halogenated alkanes) is 16. The van der Waals surface area contributed by atoms with Gasteiger partial charge in [0.05, 0.1) is 27.7 Å². The zero-order valence-corrected chi connectivity index (χ0v) is 30.5. The summed E-state index contributed by atoms with van der Waals surface area (Å²) in [7, 11) is 1.47. The standard InChI is InChI=1S/C35H68NO8P/c1-6-8-10-12-14-16-17-18-19-20-22-24-26-28-35(38)44-33(32-43-45(39,40)42-30-29-36(3,4)5)31-41-34(37)27-25-23-21-15-13-11-9-7-2/h16-17,33H,6-15,18-32H2,1-5H3/p+1/b17-16-. The SMILES string of the molecule is CCCCCC/C=C\CCCCCCCC(=O)OC(COC(=O)CCCCCCCCCC)COP(=O)(O)OCC[N+](C)(C)C. The van der Waals surface area contributed by atoms with E-state index < -0.39 is 26.5 Å². The molecule has 0 aromatic heterocycles. The largest absolute Gasteiger partial charge is 0.472 e. The Morgan fingerprint density at radius 3 is 1.67 bits per heavy atom. The van der Waals surface area contributed by atoms with Crippen LogP contribution in [0.25, 0.3) is 0 Å². The number of hydrogen-bond acceptors (Lipinski definition) is 7. The Morgan fingerprint density at radius 1 is 0.667 bits per heavy atom. The smallest absolute Gasteiger partial charge is 0.462 e. The normalized spacial score (nSPS) is 14.0. The minimum atomic E-state index is -4.36. The highest BCUT2D eigenvalue weighted by atomic mass is 31.2. The van der Waals surface area contributed by atoms with Crippen molar-refractivity contribution in [2.24, 2.45) is 0 Å². The maximum Gasteiger partial charge on any atom is 0.472 e. The molecule has 0 aliphatic heterocycles. The van der Waals surface area contributed by atoms with Gasteiger partial charge in [-0.05, 0) is 38.5 Å². The topological polar surface area (TPSA) is 108 Å². The third kappa shape index (κ3) is 32.5. The molecule has 0 spiro atoms. The van der Waals surface area contributed by atoms with E-state index in [4.69, 9.17) is 18.5 Å². The van der Waals surface area contributed by atoms with E-state index in [1.165, 1.54) is 64.2 Å². The molecule has 0 radical (unpaired) electrons. The maximum atomic E-state index is 12.6. The van der Waals surface area contributed by atoms with Gasteiger partial charge in [0.2, 0.25) is 0 Å². The molecule has 0 aliphatic rings. The third-order valence-electron chi connectivity index (χ3n) is 7.55. The van der Waals surface area contributed by atoms with Crippen molar-refractivity contribution in [3.8, 4) is 0 Å². The molecule has 45 heavy (non-hydrogen) atoms. The van der Waals surface area contributed by atoms with Gasteiger partial charge < -0.3 is 18.9 Å². The van der Waals surface area contributed by atoms with Crippen molar-refractivity contribution in [1.82, 2.24) is 0 Å². The molecule has 0 bridgehead atoms. The van der Waals surface area contributed by atoms with Crippen molar-refractivity contribution in [3.63, 3.8) is 0 Å². The molecule has 10 heteroatoms. The lowest BCUT2D eigenvalue weighted by molar-refractivity contribution is -0.870. The second-order valence-electron chi connectivity index (χ2n) is 13.3. The fraction of sp³-hybridized carbons (Fsp3) is 0.886. The van der Waals surface area contributed by atoms with Crippen molar-refractivity contribution < 1.29 is 42.1 Å². The summed E-state index contributed by atoms with van der Waals surface area (Å²) in [6, 6.07) is 0. The number of hydrogen-bond donors (Lipinski definition) is 1. The Kier molecular flexibility index (Phi) is 28.1. The first kappa shape index (κ1) is 43.8. The van der Waals surface area contributed by atoms with Crippen LogP contribution in [-0.4, -0.2) is 74.9 Å². The number of nitrogens with zero attached hydrogens (tertiary/aromatic N) is 1. The summed E-state index contributed by atoms with van der Waals surface area (Å²) < 4.78 is 34.0. The molecule has 266 valence electrons. The summed E-state index contributed by atoms with van der Waals surface area (Å²) in [5, 5.41) is 0. The number of phosphoric ester groups is 1. The van der Waals surface area contributed by atoms with Crippen molar-refractivity contribution >= 4 is 19.8 Å². The average molecular weight is 663 g/mol.